The van der Waals surface area contributed by atoms with E-state index in [2.05, 4.69) is 87.1 Å². The van der Waals surface area contributed by atoms with Crippen LogP contribution in [0.1, 0.15) is 0 Å². The van der Waals surface area contributed by atoms with Crippen LogP contribution in [0.4, 0.5) is 16.6 Å². The van der Waals surface area contributed by atoms with Crippen LogP contribution in [0.25, 0.3) is 22.0 Å². The maximum atomic E-state index is 4.78. The molecule has 0 unspecified atom stereocenters. The highest BCUT2D eigenvalue weighted by molar-refractivity contribution is 7.14. The van der Waals surface area contributed by atoms with Gasteiger partial charge in [-0.2, -0.15) is 0 Å². The summed E-state index contributed by atoms with van der Waals surface area (Å²) in [6.07, 6.45) is 1.93. The van der Waals surface area contributed by atoms with Crippen LogP contribution in [-0.2, 0) is 0 Å². The third kappa shape index (κ3) is 3.81. The second-order valence-electron chi connectivity index (χ2n) is 7.39. The monoisotopic (exact) mass is 401 g/mol. The molecule has 0 amide bonds. The molecular weight excluding hydrogens is 378 g/mol. The summed E-state index contributed by atoms with van der Waals surface area (Å²) in [6.45, 7) is 4.22. The maximum absolute atomic E-state index is 4.78. The predicted molar refractivity (Wildman–Crippen MR) is 122 cm³/mol. The number of nitrogens with one attached hydrogen (secondary N) is 1. The third-order valence-electron chi connectivity index (χ3n) is 5.41. The molecular formula is C23H23N5S. The Balaban J connectivity index is 1.33. The van der Waals surface area contributed by atoms with E-state index >= 15 is 0 Å². The van der Waals surface area contributed by atoms with Gasteiger partial charge in [-0.25, -0.2) is 9.97 Å². The molecule has 1 N–H and O–H groups in total. The Bertz CT molecular complexity index is 1110. The minimum absolute atomic E-state index is 0.888. The summed E-state index contributed by atoms with van der Waals surface area (Å²) in [6, 6.07) is 18.9. The molecule has 2 aromatic heterocycles. The van der Waals surface area contributed by atoms with Gasteiger partial charge in [0, 0.05) is 54.4 Å². The van der Waals surface area contributed by atoms with Crippen molar-refractivity contribution in [3.05, 3.63) is 66.2 Å². The van der Waals surface area contributed by atoms with Crippen molar-refractivity contribution in [2.24, 2.45) is 0 Å². The van der Waals surface area contributed by atoms with Crippen molar-refractivity contribution in [2.45, 2.75) is 0 Å². The lowest BCUT2D eigenvalue weighted by molar-refractivity contribution is 0.312. The Hall–Kier alpha value is -2.96. The molecule has 5 nitrogen and oxygen atoms in total. The molecule has 0 spiro atoms. The highest BCUT2D eigenvalue weighted by atomic mass is 32.1. The zero-order valence-corrected chi connectivity index (χ0v) is 17.2. The number of pyridine rings is 1. The molecule has 4 aromatic rings. The highest BCUT2D eigenvalue weighted by Gasteiger charge is 2.15. The number of piperazine rings is 1. The first-order chi connectivity index (χ1) is 14.3. The molecule has 146 valence electrons. The van der Waals surface area contributed by atoms with E-state index in [4.69, 9.17) is 4.98 Å². The maximum Gasteiger partial charge on any atom is 0.187 e. The first kappa shape index (κ1) is 18.1. The molecule has 0 atom stereocenters. The average Bonchev–Trinajstić information content (AvgIpc) is 3.23. The lowest BCUT2D eigenvalue weighted by Gasteiger charge is -2.33. The molecule has 3 heterocycles. The number of hydrogen-bond acceptors (Lipinski definition) is 6. The molecule has 1 aliphatic heterocycles. The first-order valence-corrected chi connectivity index (χ1v) is 10.7. The van der Waals surface area contributed by atoms with Gasteiger partial charge < -0.3 is 15.1 Å². The Kier molecular flexibility index (Phi) is 4.87. The number of aromatic nitrogens is 2. The fraction of sp³-hybridized carbons (Fsp3) is 0.217. The topological polar surface area (TPSA) is 44.3 Å². The summed E-state index contributed by atoms with van der Waals surface area (Å²) in [7, 11) is 2.17. The van der Waals surface area contributed by atoms with Gasteiger partial charge in [0.25, 0.3) is 0 Å². The summed E-state index contributed by atoms with van der Waals surface area (Å²) < 4.78 is 0. The second kappa shape index (κ2) is 7.81. The number of rotatable bonds is 4. The van der Waals surface area contributed by atoms with E-state index in [9.17, 15) is 0 Å². The molecule has 1 aliphatic rings. The van der Waals surface area contributed by atoms with Crippen LogP contribution >= 0.6 is 11.3 Å². The van der Waals surface area contributed by atoms with Crippen LogP contribution in [0.3, 0.4) is 0 Å². The number of benzene rings is 2. The summed E-state index contributed by atoms with van der Waals surface area (Å²) in [5, 5.41) is 8.87. The lowest BCUT2D eigenvalue weighted by Crippen LogP contribution is -2.44. The van der Waals surface area contributed by atoms with Crippen molar-refractivity contribution in [1.29, 1.82) is 0 Å². The van der Waals surface area contributed by atoms with E-state index in [1.165, 1.54) is 10.8 Å². The summed E-state index contributed by atoms with van der Waals surface area (Å²) in [5.41, 5.74) is 3.08. The van der Waals surface area contributed by atoms with Gasteiger partial charge in [0.15, 0.2) is 5.13 Å². The van der Waals surface area contributed by atoms with Gasteiger partial charge in [-0.15, -0.1) is 11.3 Å². The van der Waals surface area contributed by atoms with Crippen LogP contribution < -0.4 is 10.2 Å². The Morgan fingerprint density at radius 3 is 2.59 bits per heavy atom. The standard InChI is InChI=1S/C23H23N5S/c1-27-11-13-28(14-12-27)22-10-9-18(15-24-22)21-16-29-23(26-21)25-20-8-4-6-17-5-2-3-7-19(17)20/h2-10,15-16H,11-14H2,1H3,(H,25,26). The number of thiazole rings is 1. The van der Waals surface area contributed by atoms with Crippen LogP contribution in [-0.4, -0.2) is 48.1 Å². The van der Waals surface area contributed by atoms with E-state index in [1.54, 1.807) is 11.3 Å². The largest absolute Gasteiger partial charge is 0.354 e. The highest BCUT2D eigenvalue weighted by Crippen LogP contribution is 2.30. The van der Waals surface area contributed by atoms with Crippen molar-refractivity contribution < 1.29 is 0 Å². The minimum atomic E-state index is 0.888. The number of nitrogens with zero attached hydrogens (tertiary/aromatic N) is 4. The van der Waals surface area contributed by atoms with Crippen LogP contribution in [0.15, 0.2) is 66.2 Å². The number of hydrogen-bond donors (Lipinski definition) is 1. The van der Waals surface area contributed by atoms with Crippen molar-refractivity contribution >= 4 is 38.7 Å². The van der Waals surface area contributed by atoms with Gasteiger partial charge in [0.05, 0.1) is 5.69 Å². The lowest BCUT2D eigenvalue weighted by atomic mass is 10.1. The fourth-order valence-corrected chi connectivity index (χ4v) is 4.41. The SMILES string of the molecule is CN1CCN(c2ccc(-c3csc(Nc4cccc5ccccc45)n3)cn2)CC1. The first-order valence-electron chi connectivity index (χ1n) is 9.86. The van der Waals surface area contributed by atoms with Gasteiger partial charge in [0.2, 0.25) is 0 Å². The van der Waals surface area contributed by atoms with Gasteiger partial charge in [-0.3, -0.25) is 0 Å². The molecule has 2 aromatic carbocycles. The van der Waals surface area contributed by atoms with E-state index in [0.29, 0.717) is 0 Å². The van der Waals surface area contributed by atoms with E-state index in [1.807, 2.05) is 6.20 Å². The third-order valence-corrected chi connectivity index (χ3v) is 6.16. The molecule has 1 fully saturated rings. The van der Waals surface area contributed by atoms with E-state index in [0.717, 1.165) is 54.1 Å². The zero-order chi connectivity index (χ0) is 19.6. The molecule has 0 saturated carbocycles. The number of anilines is 3. The molecule has 6 heteroatoms. The zero-order valence-electron chi connectivity index (χ0n) is 16.4. The minimum Gasteiger partial charge on any atom is -0.354 e. The van der Waals surface area contributed by atoms with Gasteiger partial charge in [-0.1, -0.05) is 36.4 Å². The van der Waals surface area contributed by atoms with Crippen molar-refractivity contribution in [3.63, 3.8) is 0 Å². The van der Waals surface area contributed by atoms with Crippen LogP contribution in [0.5, 0.6) is 0 Å². The van der Waals surface area contributed by atoms with Crippen LogP contribution in [0.2, 0.25) is 0 Å². The van der Waals surface area contributed by atoms with Crippen molar-refractivity contribution in [1.82, 2.24) is 14.9 Å². The van der Waals surface area contributed by atoms with Gasteiger partial charge in [0.1, 0.15) is 5.82 Å². The van der Waals surface area contributed by atoms with Crippen molar-refractivity contribution in [2.75, 3.05) is 43.4 Å². The molecule has 5 rings (SSSR count). The molecule has 0 bridgehead atoms. The van der Waals surface area contributed by atoms with Crippen LogP contribution in [0, 0.1) is 0 Å². The Morgan fingerprint density at radius 2 is 1.76 bits per heavy atom. The van der Waals surface area contributed by atoms with E-state index < -0.39 is 0 Å². The summed E-state index contributed by atoms with van der Waals surface area (Å²) >= 11 is 1.61. The summed E-state index contributed by atoms with van der Waals surface area (Å²) in [4.78, 5) is 14.2. The van der Waals surface area contributed by atoms with Gasteiger partial charge >= 0.3 is 0 Å². The predicted octanol–water partition coefficient (Wildman–Crippen LogP) is 4.85. The Morgan fingerprint density at radius 1 is 0.931 bits per heavy atom. The fourth-order valence-electron chi connectivity index (χ4n) is 3.67. The van der Waals surface area contributed by atoms with Crippen molar-refractivity contribution in [3.8, 4) is 11.3 Å². The summed E-state index contributed by atoms with van der Waals surface area (Å²) in [5.74, 6) is 1.05. The molecule has 1 saturated heterocycles. The Labute approximate surface area is 174 Å². The van der Waals surface area contributed by atoms with E-state index in [-0.39, 0.29) is 0 Å². The number of fused-ring (bicyclic) bond motifs is 1. The normalized spacial score (nSPS) is 15.0. The molecule has 29 heavy (non-hydrogen) atoms. The average molecular weight is 402 g/mol. The molecule has 0 radical (unpaired) electrons. The second-order valence-corrected chi connectivity index (χ2v) is 8.24. The van der Waals surface area contributed by atoms with Gasteiger partial charge in [-0.05, 0) is 30.6 Å². The smallest absolute Gasteiger partial charge is 0.187 e. The quantitative estimate of drug-likeness (QED) is 0.529. The number of likely N-dealkylation sites (N-methyl/N-ethyl adjacent to an activating group) is 1. The molecule has 0 aliphatic carbocycles.